The largest absolute Gasteiger partial charge is 0.481 e. The van der Waals surface area contributed by atoms with Crippen LogP contribution in [0.5, 0.6) is 0 Å². The number of nitrogens with two attached hydrogens (primary N) is 3. The maximum Gasteiger partial charge on any atom is 0.326 e. The first-order valence-electron chi connectivity index (χ1n) is 42.6. The Balaban J connectivity index is 1.23. The standard InChI is InChI=1S/C82H132N20O20/c1-13-47(11)66(78(118)98-67(48(12)14-2)77(117)96-65(46(9)10)81(121)122)97-74(114)58-29-22-38-102(58)80(120)54(40-49-23-16-15-17-24-49)93-71(111)55-26-19-35-99(55)60(104)41-88-69(109)51(25-18-34-87-82(85)86)90-75(115)63(44(5)6)94-72(112)56-27-20-36-100(56)61(105)42-89-70(110)53(39-43(3)4)92-76(116)64(45(7)8)95-73(113)57-28-21-37-101(57)79(119)52(31-33-62(106)107)91-68(108)50(83)30-32-59(84)103/h15-17,23-24,43-48,50-58,63-67H,13-14,18-22,25-42,83H2,1-12H3,(H2,84,103)(H,88,109)(H,89,110)(H,90,115)(H,91,108)(H,92,116)(H,93,111)(H,94,112)(H,95,113)(H,96,117)(H,97,114)(H,98,118)(H,106,107)(H,121,122)(H4,85,86,87)/t47-,48-,50-,51-,52-,53-,54-,55-,56-,57-,58-,63-,64-,65-,66-,67-/m0/s1. The van der Waals surface area contributed by atoms with E-state index in [1.54, 1.807) is 99.6 Å². The highest BCUT2D eigenvalue weighted by Gasteiger charge is 2.46. The van der Waals surface area contributed by atoms with Gasteiger partial charge in [0, 0.05) is 52.0 Å². The molecule has 122 heavy (non-hydrogen) atoms. The number of likely N-dealkylation sites (tertiary alicyclic amines) is 4. The molecule has 4 heterocycles. The second kappa shape index (κ2) is 49.1. The number of carbonyl (C=O) groups excluding carboxylic acids is 16. The molecule has 0 spiro atoms. The van der Waals surface area contributed by atoms with E-state index in [1.165, 1.54) is 19.6 Å². The quantitative estimate of drug-likeness (QED) is 0.0185. The number of nitrogens with zero attached hydrogens (tertiary/aromatic N) is 4. The molecular weight excluding hydrogens is 1590 g/mol. The summed E-state index contributed by atoms with van der Waals surface area (Å²) in [5.74, 6) is -17.5. The highest BCUT2D eigenvalue weighted by atomic mass is 16.4. The molecule has 16 amide bonds. The summed E-state index contributed by atoms with van der Waals surface area (Å²) in [5.41, 5.74) is 17.3. The van der Waals surface area contributed by atoms with Gasteiger partial charge in [0.05, 0.1) is 19.1 Å². The van der Waals surface area contributed by atoms with Crippen molar-refractivity contribution in [3.05, 3.63) is 35.9 Å². The Morgan fingerprint density at radius 3 is 1.25 bits per heavy atom. The number of hydrogen-bond acceptors (Lipinski definition) is 20. The molecule has 0 saturated carbocycles. The lowest BCUT2D eigenvalue weighted by Gasteiger charge is -2.33. The molecule has 4 aliphatic heterocycles. The van der Waals surface area contributed by atoms with E-state index >= 15 is 0 Å². The molecule has 1 aromatic rings. The summed E-state index contributed by atoms with van der Waals surface area (Å²) >= 11 is 0. The van der Waals surface area contributed by atoms with Crippen molar-refractivity contribution in [1.82, 2.24) is 83.4 Å². The second-order valence-electron chi connectivity index (χ2n) is 33.7. The maximum atomic E-state index is 15.0. The predicted molar refractivity (Wildman–Crippen MR) is 445 cm³/mol. The fraction of sp³-hybridized carbons (Fsp3) is 0.695. The lowest BCUT2D eigenvalue weighted by Crippen LogP contribution is -2.61. The van der Waals surface area contributed by atoms with Gasteiger partial charge in [0.2, 0.25) is 94.5 Å². The molecule has 0 aromatic heterocycles. The Morgan fingerprint density at radius 1 is 0.434 bits per heavy atom. The molecule has 4 aliphatic rings. The molecule has 0 radical (unpaired) electrons. The summed E-state index contributed by atoms with van der Waals surface area (Å²) in [5, 5.41) is 59.1. The molecule has 0 aliphatic carbocycles. The van der Waals surface area contributed by atoms with Crippen LogP contribution >= 0.6 is 0 Å². The minimum absolute atomic E-state index is 0.0329. The Bertz CT molecular complexity index is 3870. The van der Waals surface area contributed by atoms with Gasteiger partial charge in [-0.05, 0) is 125 Å². The molecule has 5 rings (SSSR count). The van der Waals surface area contributed by atoms with Gasteiger partial charge in [0.25, 0.3) is 0 Å². The van der Waals surface area contributed by atoms with E-state index in [-0.39, 0.29) is 115 Å². The lowest BCUT2D eigenvalue weighted by atomic mass is 9.94. The van der Waals surface area contributed by atoms with Gasteiger partial charge >= 0.3 is 11.9 Å². The highest BCUT2D eigenvalue weighted by molar-refractivity contribution is 6.01. The number of nitrogens with one attached hydrogen (secondary N) is 13. The minimum atomic E-state index is -1.43. The van der Waals surface area contributed by atoms with Crippen molar-refractivity contribution in [1.29, 1.82) is 5.41 Å². The third-order valence-corrected chi connectivity index (χ3v) is 22.7. The van der Waals surface area contributed by atoms with Crippen LogP contribution < -0.4 is 81.0 Å². The molecule has 0 unspecified atom stereocenters. The van der Waals surface area contributed by atoms with Gasteiger partial charge in [-0.1, -0.05) is 126 Å². The van der Waals surface area contributed by atoms with E-state index in [2.05, 4.69) is 63.8 Å². The van der Waals surface area contributed by atoms with Gasteiger partial charge < -0.3 is 111 Å². The van der Waals surface area contributed by atoms with E-state index in [0.29, 0.717) is 44.1 Å². The molecule has 40 nitrogen and oxygen atoms in total. The predicted octanol–water partition coefficient (Wildman–Crippen LogP) is -2.30. The average Bonchev–Trinajstić information content (AvgIpc) is 1.61. The van der Waals surface area contributed by atoms with Crippen molar-refractivity contribution in [3.8, 4) is 0 Å². The van der Waals surface area contributed by atoms with Crippen LogP contribution in [0.3, 0.4) is 0 Å². The van der Waals surface area contributed by atoms with E-state index < -0.39 is 240 Å². The van der Waals surface area contributed by atoms with Crippen molar-refractivity contribution < 1.29 is 96.5 Å². The van der Waals surface area contributed by atoms with Crippen LogP contribution in [-0.2, 0) is 92.7 Å². The Morgan fingerprint density at radius 2 is 0.828 bits per heavy atom. The van der Waals surface area contributed by atoms with Crippen molar-refractivity contribution >= 4 is 112 Å². The van der Waals surface area contributed by atoms with Crippen LogP contribution in [-0.4, -0.2) is 273 Å². The highest BCUT2D eigenvalue weighted by Crippen LogP contribution is 2.26. The van der Waals surface area contributed by atoms with Crippen LogP contribution in [0.25, 0.3) is 0 Å². The molecular formula is C82H132N20O20. The summed E-state index contributed by atoms with van der Waals surface area (Å²) in [6.07, 6.45) is 1.70. The van der Waals surface area contributed by atoms with Gasteiger partial charge in [-0.15, -0.1) is 0 Å². The van der Waals surface area contributed by atoms with Gasteiger partial charge in [0.1, 0.15) is 78.5 Å². The molecule has 40 heteroatoms. The molecule has 4 saturated heterocycles. The van der Waals surface area contributed by atoms with Gasteiger partial charge in [-0.3, -0.25) is 86.9 Å². The van der Waals surface area contributed by atoms with Crippen LogP contribution in [0, 0.1) is 40.9 Å². The average molecular weight is 1720 g/mol. The van der Waals surface area contributed by atoms with Crippen LogP contribution in [0.1, 0.15) is 198 Å². The van der Waals surface area contributed by atoms with Crippen molar-refractivity contribution in [2.75, 3.05) is 45.8 Å². The van der Waals surface area contributed by atoms with Gasteiger partial charge in [-0.2, -0.15) is 0 Å². The zero-order chi connectivity index (χ0) is 91.1. The number of amides is 16. The van der Waals surface area contributed by atoms with Crippen molar-refractivity contribution in [3.63, 3.8) is 0 Å². The number of rotatable bonds is 48. The van der Waals surface area contributed by atoms with Crippen LogP contribution in [0.4, 0.5) is 0 Å². The summed E-state index contributed by atoms with van der Waals surface area (Å²) in [6, 6.07) is -8.53. The van der Waals surface area contributed by atoms with E-state index in [4.69, 9.17) is 22.6 Å². The first-order chi connectivity index (χ1) is 57.5. The number of aliphatic carboxylic acids is 2. The van der Waals surface area contributed by atoms with E-state index in [0.717, 1.165) is 0 Å². The number of hydrogen-bond donors (Lipinski definition) is 18. The molecule has 680 valence electrons. The Hall–Kier alpha value is -11.1. The molecule has 4 fully saturated rings. The van der Waals surface area contributed by atoms with Crippen molar-refractivity contribution in [2.24, 2.45) is 52.7 Å². The molecule has 16 atom stereocenters. The van der Waals surface area contributed by atoms with Crippen molar-refractivity contribution in [2.45, 2.75) is 283 Å². The summed E-state index contributed by atoms with van der Waals surface area (Å²) in [4.78, 5) is 253. The normalized spacial score (nSPS) is 19.3. The summed E-state index contributed by atoms with van der Waals surface area (Å²) in [7, 11) is 0. The van der Waals surface area contributed by atoms with Crippen LogP contribution in [0.15, 0.2) is 30.3 Å². The minimum Gasteiger partial charge on any atom is -0.481 e. The Kier molecular flexibility index (Phi) is 40.9. The third-order valence-electron chi connectivity index (χ3n) is 22.7. The SMILES string of the molecule is CC[C@H](C)[C@H](NC(=O)[C@@H](NC(=O)[C@@H]1CCCN1C(=O)[C@H](Cc1ccccc1)NC(=O)[C@@H]1CCCN1C(=O)CNC(=O)[C@H](CCCNC(=N)N)NC(=O)[C@@H](NC(=O)[C@@H]1CCCN1C(=O)CNC(=O)[C@H](CC(C)C)NC(=O)[C@@H](NC(=O)[C@@H]1CCCN1C(=O)[C@H](CCC(=O)O)NC(=O)[C@@H](N)CCC(N)=O)C(C)C)C(C)C)[C@@H](C)CC)C(=O)N[C@H](C(=O)O)C(C)C. The maximum absolute atomic E-state index is 15.0. The number of guanidine groups is 1. The summed E-state index contributed by atoms with van der Waals surface area (Å²) in [6.45, 7) is 19.6. The fourth-order valence-corrected chi connectivity index (χ4v) is 15.3. The molecule has 1 aromatic carbocycles. The number of carboxylic acid groups (broad SMARTS) is 2. The number of benzene rings is 1. The molecule has 0 bridgehead atoms. The first kappa shape index (κ1) is 101. The molecule has 21 N–H and O–H groups in total. The smallest absolute Gasteiger partial charge is 0.326 e. The van der Waals surface area contributed by atoms with Gasteiger partial charge in [0.15, 0.2) is 5.96 Å². The van der Waals surface area contributed by atoms with E-state index in [9.17, 15) is 96.5 Å². The number of carbonyl (C=O) groups is 18. The van der Waals surface area contributed by atoms with Gasteiger partial charge in [-0.25, -0.2) is 4.79 Å². The zero-order valence-corrected chi connectivity index (χ0v) is 72.4. The zero-order valence-electron chi connectivity index (χ0n) is 72.4. The monoisotopic (exact) mass is 1720 g/mol. The first-order valence-corrected chi connectivity index (χ1v) is 42.6. The number of primary amides is 1. The fourth-order valence-electron chi connectivity index (χ4n) is 15.3. The van der Waals surface area contributed by atoms with Crippen LogP contribution in [0.2, 0.25) is 0 Å². The summed E-state index contributed by atoms with van der Waals surface area (Å²) < 4.78 is 0. The lowest BCUT2D eigenvalue weighted by molar-refractivity contribution is -0.144. The number of carboxylic acids is 2. The topological polar surface area (TPSA) is 607 Å². The second-order valence-corrected chi connectivity index (χ2v) is 33.7. The Labute approximate surface area is 712 Å². The third kappa shape index (κ3) is 30.5. The van der Waals surface area contributed by atoms with E-state index in [1.807, 2.05) is 13.8 Å².